The van der Waals surface area contributed by atoms with Gasteiger partial charge in [0.1, 0.15) is 0 Å². The molecule has 0 spiro atoms. The van der Waals surface area contributed by atoms with Crippen molar-refractivity contribution in [2.75, 3.05) is 0 Å². The summed E-state index contributed by atoms with van der Waals surface area (Å²) in [4.78, 5) is 4.25. The van der Waals surface area contributed by atoms with Crippen LogP contribution in [-0.2, 0) is 12.8 Å². The van der Waals surface area contributed by atoms with Gasteiger partial charge < -0.3 is 0 Å². The molecule has 1 heterocycles. The Morgan fingerprint density at radius 2 is 1.92 bits per heavy atom. The second-order valence-corrected chi connectivity index (χ2v) is 3.68. The Balaban J connectivity index is 1.94. The van der Waals surface area contributed by atoms with E-state index in [0.717, 1.165) is 12.8 Å². The number of aromatic nitrogens is 1. The normalized spacial score (nSPS) is 10.2. The number of nitrogens with zero attached hydrogens (tertiary/aromatic N) is 1. The first-order valence-corrected chi connectivity index (χ1v) is 5.30. The van der Waals surface area contributed by atoms with E-state index in [4.69, 9.17) is 0 Å². The van der Waals surface area contributed by atoms with Gasteiger partial charge in [-0.3, -0.25) is 0 Å². The van der Waals surface area contributed by atoms with Crippen molar-refractivity contribution >= 4 is 11.3 Å². The summed E-state index contributed by atoms with van der Waals surface area (Å²) in [6, 6.07) is 10.5. The van der Waals surface area contributed by atoms with Crippen LogP contribution in [0.1, 0.15) is 11.3 Å². The third-order valence-corrected chi connectivity index (χ3v) is 2.63. The lowest BCUT2D eigenvalue weighted by atomic mass is 10.1. The summed E-state index contributed by atoms with van der Waals surface area (Å²) in [5, 5.41) is 2.11. The third-order valence-electron chi connectivity index (χ3n) is 2.00. The average Bonchev–Trinajstić information content (AvgIpc) is 2.69. The molecule has 1 nitrogen and oxygen atoms in total. The number of thiazole rings is 1. The van der Waals surface area contributed by atoms with Crippen molar-refractivity contribution in [1.82, 2.24) is 4.98 Å². The van der Waals surface area contributed by atoms with E-state index >= 15 is 0 Å². The van der Waals surface area contributed by atoms with Crippen LogP contribution in [0.3, 0.4) is 0 Å². The summed E-state index contributed by atoms with van der Waals surface area (Å²) in [5.74, 6) is 0. The zero-order chi connectivity index (χ0) is 8.93. The van der Waals surface area contributed by atoms with Crippen LogP contribution in [0.5, 0.6) is 0 Å². The fourth-order valence-electron chi connectivity index (χ4n) is 1.28. The first-order valence-electron chi connectivity index (χ1n) is 4.36. The van der Waals surface area contributed by atoms with Crippen molar-refractivity contribution in [3.63, 3.8) is 0 Å². The lowest BCUT2D eigenvalue weighted by molar-refractivity contribution is 0.926. The second kappa shape index (κ2) is 4.19. The Kier molecular flexibility index (Phi) is 2.72. The quantitative estimate of drug-likeness (QED) is 0.723. The highest BCUT2D eigenvalue weighted by atomic mass is 32.1. The van der Waals surface area contributed by atoms with E-state index in [1.807, 2.05) is 11.6 Å². The Bertz CT molecular complexity index is 340. The van der Waals surface area contributed by atoms with Gasteiger partial charge in [0, 0.05) is 5.38 Å². The van der Waals surface area contributed by atoms with Crippen LogP contribution >= 0.6 is 11.3 Å². The molecule has 0 unspecified atom stereocenters. The van der Waals surface area contributed by atoms with Crippen LogP contribution in [0.4, 0.5) is 0 Å². The topological polar surface area (TPSA) is 12.9 Å². The molecule has 1 aromatic carbocycles. The number of aryl methyl sites for hydroxylation is 2. The maximum Gasteiger partial charge on any atom is 0.0794 e. The van der Waals surface area contributed by atoms with E-state index in [1.54, 1.807) is 11.3 Å². The van der Waals surface area contributed by atoms with Crippen molar-refractivity contribution < 1.29 is 0 Å². The van der Waals surface area contributed by atoms with Crippen LogP contribution in [-0.4, -0.2) is 4.98 Å². The summed E-state index contributed by atoms with van der Waals surface area (Å²) in [6.45, 7) is 0. The van der Waals surface area contributed by atoms with E-state index in [1.165, 1.54) is 11.3 Å². The van der Waals surface area contributed by atoms with Gasteiger partial charge in [0.25, 0.3) is 0 Å². The van der Waals surface area contributed by atoms with Crippen LogP contribution in [0, 0.1) is 0 Å². The molecule has 2 rings (SSSR count). The van der Waals surface area contributed by atoms with Crippen LogP contribution in [0.2, 0.25) is 0 Å². The number of hydrogen-bond acceptors (Lipinski definition) is 2. The fourth-order valence-corrected chi connectivity index (χ4v) is 1.87. The summed E-state index contributed by atoms with van der Waals surface area (Å²) >= 11 is 1.66. The Hall–Kier alpha value is -1.15. The van der Waals surface area contributed by atoms with Gasteiger partial charge in [0.05, 0.1) is 11.2 Å². The molecule has 0 saturated carbocycles. The molecule has 13 heavy (non-hydrogen) atoms. The minimum Gasteiger partial charge on any atom is -0.250 e. The Morgan fingerprint density at radius 3 is 2.62 bits per heavy atom. The first-order chi connectivity index (χ1) is 6.45. The van der Waals surface area contributed by atoms with Crippen LogP contribution < -0.4 is 0 Å². The Labute approximate surface area is 82.1 Å². The van der Waals surface area contributed by atoms with Gasteiger partial charge in [-0.2, -0.15) is 0 Å². The van der Waals surface area contributed by atoms with Crippen LogP contribution in [0.25, 0.3) is 0 Å². The van der Waals surface area contributed by atoms with Crippen molar-refractivity contribution in [1.29, 1.82) is 0 Å². The second-order valence-electron chi connectivity index (χ2n) is 2.97. The fraction of sp³-hybridized carbons (Fsp3) is 0.182. The molecular formula is C11H11NS. The Morgan fingerprint density at radius 1 is 1.08 bits per heavy atom. The monoisotopic (exact) mass is 189 g/mol. The minimum absolute atomic E-state index is 1.05. The van der Waals surface area contributed by atoms with E-state index in [9.17, 15) is 0 Å². The van der Waals surface area contributed by atoms with Gasteiger partial charge in [-0.1, -0.05) is 30.3 Å². The van der Waals surface area contributed by atoms with Crippen molar-refractivity contribution in [3.05, 3.63) is 52.5 Å². The molecule has 0 saturated heterocycles. The largest absolute Gasteiger partial charge is 0.250 e. The maximum absolute atomic E-state index is 4.25. The molecule has 0 aliphatic heterocycles. The molecule has 66 valence electrons. The highest BCUT2D eigenvalue weighted by Crippen LogP contribution is 2.07. The van der Waals surface area contributed by atoms with Crippen LogP contribution in [0.15, 0.2) is 41.2 Å². The molecule has 0 aliphatic rings. The minimum atomic E-state index is 1.05. The van der Waals surface area contributed by atoms with E-state index in [2.05, 4.69) is 34.6 Å². The predicted octanol–water partition coefficient (Wildman–Crippen LogP) is 2.93. The molecule has 0 fully saturated rings. The van der Waals surface area contributed by atoms with Crippen molar-refractivity contribution in [2.45, 2.75) is 12.8 Å². The standard InChI is InChI=1S/C11H11NS/c1-2-4-10(5-3-1)6-7-11-8-13-9-12-11/h1-5,8-9H,6-7H2. The smallest absolute Gasteiger partial charge is 0.0794 e. The van der Waals surface area contributed by atoms with Gasteiger partial charge in [0.15, 0.2) is 0 Å². The van der Waals surface area contributed by atoms with Gasteiger partial charge >= 0.3 is 0 Å². The third kappa shape index (κ3) is 2.39. The number of rotatable bonds is 3. The van der Waals surface area contributed by atoms with Gasteiger partial charge in [-0.25, -0.2) is 4.98 Å². The van der Waals surface area contributed by atoms with Crippen molar-refractivity contribution in [2.24, 2.45) is 0 Å². The molecule has 2 heteroatoms. The summed E-state index contributed by atoms with van der Waals surface area (Å²) in [6.07, 6.45) is 2.14. The lowest BCUT2D eigenvalue weighted by Gasteiger charge is -1.97. The highest BCUT2D eigenvalue weighted by molar-refractivity contribution is 7.07. The average molecular weight is 189 g/mol. The number of hydrogen-bond donors (Lipinski definition) is 0. The molecule has 0 amide bonds. The molecule has 0 aliphatic carbocycles. The molecule has 0 bridgehead atoms. The zero-order valence-corrected chi connectivity index (χ0v) is 8.13. The molecule has 0 radical (unpaired) electrons. The molecule has 0 N–H and O–H groups in total. The summed E-state index contributed by atoms with van der Waals surface area (Å²) < 4.78 is 0. The van der Waals surface area contributed by atoms with E-state index in [-0.39, 0.29) is 0 Å². The molecular weight excluding hydrogens is 178 g/mol. The summed E-state index contributed by atoms with van der Waals surface area (Å²) in [7, 11) is 0. The highest BCUT2D eigenvalue weighted by Gasteiger charge is 1.95. The molecule has 1 aromatic heterocycles. The van der Waals surface area contributed by atoms with Gasteiger partial charge in [-0.15, -0.1) is 11.3 Å². The predicted molar refractivity (Wildman–Crippen MR) is 56.0 cm³/mol. The number of benzene rings is 1. The van der Waals surface area contributed by atoms with E-state index in [0.29, 0.717) is 0 Å². The zero-order valence-electron chi connectivity index (χ0n) is 7.31. The lowest BCUT2D eigenvalue weighted by Crippen LogP contribution is -1.90. The van der Waals surface area contributed by atoms with Gasteiger partial charge in [-0.05, 0) is 18.4 Å². The maximum atomic E-state index is 4.25. The first kappa shape index (κ1) is 8.45. The molecule has 0 atom stereocenters. The van der Waals surface area contributed by atoms with Crippen molar-refractivity contribution in [3.8, 4) is 0 Å². The van der Waals surface area contributed by atoms with E-state index < -0.39 is 0 Å². The molecule has 2 aromatic rings. The SMILES string of the molecule is c1ccc(CCc2cscn2)cc1. The summed E-state index contributed by atoms with van der Waals surface area (Å²) in [5.41, 5.74) is 4.48. The van der Waals surface area contributed by atoms with Gasteiger partial charge in [0.2, 0.25) is 0 Å².